The number of ketones is 1. The lowest BCUT2D eigenvalue weighted by atomic mass is 10.1. The Balaban J connectivity index is 1.95. The first-order valence-corrected chi connectivity index (χ1v) is 7.56. The molecule has 0 aliphatic rings. The van der Waals surface area contributed by atoms with E-state index in [2.05, 4.69) is 15.5 Å². The van der Waals surface area contributed by atoms with Crippen molar-refractivity contribution < 1.29 is 9.53 Å². The number of hydrogen-bond donors (Lipinski definition) is 3. The van der Waals surface area contributed by atoms with Crippen LogP contribution in [0.25, 0.3) is 0 Å². The van der Waals surface area contributed by atoms with Crippen LogP contribution >= 0.6 is 11.3 Å². The third-order valence-electron chi connectivity index (χ3n) is 3.27. The highest BCUT2D eigenvalue weighted by Gasteiger charge is 2.19. The van der Waals surface area contributed by atoms with E-state index in [0.717, 1.165) is 30.1 Å². The van der Waals surface area contributed by atoms with Crippen molar-refractivity contribution in [2.75, 3.05) is 24.7 Å². The molecule has 2 heterocycles. The van der Waals surface area contributed by atoms with Gasteiger partial charge in [0.25, 0.3) is 0 Å². The summed E-state index contributed by atoms with van der Waals surface area (Å²) in [6, 6.07) is 0. The van der Waals surface area contributed by atoms with Gasteiger partial charge in [-0.2, -0.15) is 5.10 Å². The van der Waals surface area contributed by atoms with Crippen LogP contribution in [0, 0.1) is 6.92 Å². The minimum absolute atomic E-state index is 0.0436. The molecule has 4 N–H and O–H groups in total. The van der Waals surface area contributed by atoms with Crippen molar-refractivity contribution in [3.63, 3.8) is 0 Å². The second kappa shape index (κ2) is 6.62. The van der Waals surface area contributed by atoms with Crippen LogP contribution in [-0.4, -0.2) is 29.6 Å². The monoisotopic (exact) mass is 308 g/mol. The predicted molar refractivity (Wildman–Crippen MR) is 85.4 cm³/mol. The molecule has 7 heteroatoms. The van der Waals surface area contributed by atoms with E-state index in [9.17, 15) is 4.79 Å². The van der Waals surface area contributed by atoms with Crippen LogP contribution in [0.15, 0.2) is 6.20 Å². The van der Waals surface area contributed by atoms with E-state index in [1.807, 2.05) is 13.1 Å². The summed E-state index contributed by atoms with van der Waals surface area (Å²) in [4.78, 5) is 12.0. The summed E-state index contributed by atoms with van der Waals surface area (Å²) in [7, 11) is 1.56. The van der Waals surface area contributed by atoms with Gasteiger partial charge in [-0.05, 0) is 25.3 Å². The van der Waals surface area contributed by atoms with Gasteiger partial charge in [-0.1, -0.05) is 0 Å². The van der Waals surface area contributed by atoms with E-state index in [-0.39, 0.29) is 5.78 Å². The van der Waals surface area contributed by atoms with Gasteiger partial charge in [0.2, 0.25) is 0 Å². The molecular weight excluding hydrogens is 288 g/mol. The molecule has 0 radical (unpaired) electrons. The number of aryl methyl sites for hydroxylation is 2. The van der Waals surface area contributed by atoms with Crippen LogP contribution in [0.3, 0.4) is 0 Å². The maximum absolute atomic E-state index is 11.5. The number of Topliss-reactive ketones (excluding diaryl/α,β-unsaturated/α-hetero) is 1. The number of methoxy groups -OCH3 is 1. The van der Waals surface area contributed by atoms with Crippen molar-refractivity contribution in [1.29, 1.82) is 0 Å². The molecule has 0 bridgehead atoms. The van der Waals surface area contributed by atoms with Crippen molar-refractivity contribution in [3.8, 4) is 5.75 Å². The number of nitrogens with zero attached hydrogens (tertiary/aromatic N) is 1. The number of carbonyl (C=O) groups excluding carboxylic acids is 1. The van der Waals surface area contributed by atoms with Crippen molar-refractivity contribution in [3.05, 3.63) is 22.3 Å². The van der Waals surface area contributed by atoms with E-state index >= 15 is 0 Å². The van der Waals surface area contributed by atoms with Crippen LogP contribution in [0.2, 0.25) is 0 Å². The number of nitrogens with one attached hydrogen (secondary N) is 2. The molecule has 2 aromatic rings. The number of nitrogens with two attached hydrogens (primary N) is 1. The Kier molecular flexibility index (Phi) is 4.85. The van der Waals surface area contributed by atoms with Crippen LogP contribution in [0.5, 0.6) is 5.75 Å². The molecule has 6 nitrogen and oxygen atoms in total. The van der Waals surface area contributed by atoms with Gasteiger partial charge in [0.15, 0.2) is 11.5 Å². The van der Waals surface area contributed by atoms with Crippen molar-refractivity contribution in [2.45, 2.75) is 26.7 Å². The Morgan fingerprint density at radius 3 is 2.90 bits per heavy atom. The molecule has 0 atom stereocenters. The number of carbonyl (C=O) groups is 1. The average molecular weight is 308 g/mol. The summed E-state index contributed by atoms with van der Waals surface area (Å²) >= 11 is 1.34. The minimum atomic E-state index is -0.0436. The van der Waals surface area contributed by atoms with Gasteiger partial charge in [-0.25, -0.2) is 0 Å². The largest absolute Gasteiger partial charge is 0.492 e. The summed E-state index contributed by atoms with van der Waals surface area (Å²) in [5, 5.41) is 11.0. The fourth-order valence-corrected chi connectivity index (χ4v) is 3.13. The normalized spacial score (nSPS) is 10.6. The fourth-order valence-electron chi connectivity index (χ4n) is 2.12. The number of thiophene rings is 1. The number of H-pyrrole nitrogens is 1. The zero-order valence-corrected chi connectivity index (χ0v) is 13.3. The maximum Gasteiger partial charge on any atom is 0.176 e. The number of nitrogen functional groups attached to an aromatic ring is 1. The quantitative estimate of drug-likeness (QED) is 0.540. The number of hydrogen-bond acceptors (Lipinski definition) is 6. The Labute approximate surface area is 127 Å². The second-order valence-corrected chi connectivity index (χ2v) is 5.83. The Bertz CT molecular complexity index is 633. The number of rotatable bonds is 7. The molecule has 0 saturated heterocycles. The zero-order valence-electron chi connectivity index (χ0n) is 12.4. The SMILES string of the molecule is COc1c(NCCCc2cn[nH]c2C)sc(C(C)=O)c1N. The molecular formula is C14H20N4O2S. The average Bonchev–Trinajstić information content (AvgIpc) is 2.98. The number of aromatic nitrogens is 2. The summed E-state index contributed by atoms with van der Waals surface area (Å²) < 4.78 is 5.28. The molecule has 0 unspecified atom stereocenters. The van der Waals surface area contributed by atoms with Crippen molar-refractivity contribution >= 4 is 27.8 Å². The Morgan fingerprint density at radius 1 is 1.57 bits per heavy atom. The summed E-state index contributed by atoms with van der Waals surface area (Å²) in [6.45, 7) is 4.29. The molecule has 0 aliphatic carbocycles. The highest BCUT2D eigenvalue weighted by molar-refractivity contribution is 7.19. The van der Waals surface area contributed by atoms with Gasteiger partial charge in [0, 0.05) is 19.2 Å². The van der Waals surface area contributed by atoms with Gasteiger partial charge in [0.1, 0.15) is 5.00 Å². The van der Waals surface area contributed by atoms with E-state index in [4.69, 9.17) is 10.5 Å². The molecule has 0 saturated carbocycles. The summed E-state index contributed by atoms with van der Waals surface area (Å²) in [6.07, 6.45) is 3.75. The van der Waals surface area contributed by atoms with Crippen LogP contribution in [0.4, 0.5) is 10.7 Å². The predicted octanol–water partition coefficient (Wildman–Crippen LogP) is 2.62. The van der Waals surface area contributed by atoms with Gasteiger partial charge in [-0.3, -0.25) is 9.89 Å². The first-order chi connectivity index (χ1) is 10.0. The highest BCUT2D eigenvalue weighted by Crippen LogP contribution is 2.42. The molecule has 0 amide bonds. The molecule has 0 spiro atoms. The Hall–Kier alpha value is -2.02. The molecule has 2 aromatic heterocycles. The lowest BCUT2D eigenvalue weighted by Gasteiger charge is -2.06. The topological polar surface area (TPSA) is 93.0 Å². The molecule has 21 heavy (non-hydrogen) atoms. The third-order valence-corrected chi connectivity index (χ3v) is 4.51. The van der Waals surface area contributed by atoms with E-state index < -0.39 is 0 Å². The summed E-state index contributed by atoms with van der Waals surface area (Å²) in [5.74, 6) is 0.516. The molecule has 114 valence electrons. The molecule has 0 aliphatic heterocycles. The molecule has 0 aromatic carbocycles. The maximum atomic E-state index is 11.5. The third kappa shape index (κ3) is 3.36. The van der Waals surface area contributed by atoms with Gasteiger partial charge in [-0.15, -0.1) is 11.3 Å². The van der Waals surface area contributed by atoms with E-state index in [0.29, 0.717) is 16.3 Å². The van der Waals surface area contributed by atoms with E-state index in [1.165, 1.54) is 23.8 Å². The van der Waals surface area contributed by atoms with Crippen LogP contribution < -0.4 is 15.8 Å². The van der Waals surface area contributed by atoms with Gasteiger partial charge >= 0.3 is 0 Å². The van der Waals surface area contributed by atoms with Crippen LogP contribution in [0.1, 0.15) is 34.3 Å². The van der Waals surface area contributed by atoms with Crippen molar-refractivity contribution in [2.24, 2.45) is 0 Å². The van der Waals surface area contributed by atoms with E-state index in [1.54, 1.807) is 7.11 Å². The van der Waals surface area contributed by atoms with Crippen LogP contribution in [-0.2, 0) is 6.42 Å². The van der Waals surface area contributed by atoms with Crippen molar-refractivity contribution in [1.82, 2.24) is 10.2 Å². The summed E-state index contributed by atoms with van der Waals surface area (Å²) in [5.41, 5.74) is 8.67. The Morgan fingerprint density at radius 2 is 2.33 bits per heavy atom. The first kappa shape index (κ1) is 15.4. The van der Waals surface area contributed by atoms with Gasteiger partial charge in [0.05, 0.1) is 23.9 Å². The lowest BCUT2D eigenvalue weighted by molar-refractivity contribution is 0.102. The minimum Gasteiger partial charge on any atom is -0.492 e. The lowest BCUT2D eigenvalue weighted by Crippen LogP contribution is -2.03. The first-order valence-electron chi connectivity index (χ1n) is 6.74. The zero-order chi connectivity index (χ0) is 15.4. The fraction of sp³-hybridized carbons (Fsp3) is 0.429. The smallest absolute Gasteiger partial charge is 0.176 e. The number of aromatic amines is 1. The number of ether oxygens (including phenoxy) is 1. The van der Waals surface area contributed by atoms with Gasteiger partial charge < -0.3 is 15.8 Å². The second-order valence-electron chi connectivity index (χ2n) is 4.81. The number of anilines is 2. The standard InChI is InChI=1S/C14H20N4O2S/c1-8-10(7-17-18-8)5-4-6-16-14-12(20-3)11(15)13(21-14)9(2)19/h7,16H,4-6,15H2,1-3H3,(H,17,18). The molecule has 0 fully saturated rings. The molecule has 2 rings (SSSR count). The highest BCUT2D eigenvalue weighted by atomic mass is 32.1.